The topological polar surface area (TPSA) is 128 Å². The molecule has 190 valence electrons. The number of alkyl halides is 3. The Morgan fingerprint density at radius 1 is 1.16 bits per heavy atom. The number of ketones is 1. The molecule has 8 nitrogen and oxygen atoms in total. The summed E-state index contributed by atoms with van der Waals surface area (Å²) in [5, 5.41) is 8.14. The number of aromatic nitrogens is 2. The van der Waals surface area contributed by atoms with Gasteiger partial charge in [-0.2, -0.15) is 13.2 Å². The molecular formula is C25H20F3N5O3S. The Morgan fingerprint density at radius 2 is 1.89 bits per heavy atom. The van der Waals surface area contributed by atoms with E-state index in [1.54, 1.807) is 25.5 Å². The van der Waals surface area contributed by atoms with Crippen LogP contribution in [0.2, 0.25) is 0 Å². The minimum atomic E-state index is -4.59. The molecule has 1 atom stereocenters. The van der Waals surface area contributed by atoms with E-state index in [0.717, 1.165) is 12.1 Å². The van der Waals surface area contributed by atoms with Crippen molar-refractivity contribution in [2.75, 3.05) is 11.8 Å². The molecule has 3 N–H and O–H groups in total. The molecule has 0 aliphatic carbocycles. The monoisotopic (exact) mass is 527 g/mol. The van der Waals surface area contributed by atoms with Gasteiger partial charge in [-0.3, -0.25) is 14.5 Å². The molecule has 2 aromatic heterocycles. The van der Waals surface area contributed by atoms with E-state index in [9.17, 15) is 26.4 Å². The Hall–Kier alpha value is -4.32. The first-order valence-electron chi connectivity index (χ1n) is 10.8. The quantitative estimate of drug-likeness (QED) is 0.219. The second-order valence-electron chi connectivity index (χ2n) is 8.00. The Balaban J connectivity index is 1.62. The molecule has 0 bridgehead atoms. The maximum Gasteiger partial charge on any atom is 0.416 e. The summed E-state index contributed by atoms with van der Waals surface area (Å²) in [5.41, 5.74) is 0.696. The number of hydrogen-bond donors (Lipinski definition) is 3. The van der Waals surface area contributed by atoms with Gasteiger partial charge in [0.2, 0.25) is 0 Å². The lowest BCUT2D eigenvalue weighted by Crippen LogP contribution is -2.14. The van der Waals surface area contributed by atoms with Crippen LogP contribution in [0.1, 0.15) is 33.0 Å². The van der Waals surface area contributed by atoms with Crippen molar-refractivity contribution >= 4 is 45.0 Å². The van der Waals surface area contributed by atoms with E-state index >= 15 is 0 Å². The highest BCUT2D eigenvalue weighted by molar-refractivity contribution is 7.92. The fourth-order valence-corrected chi connectivity index (χ4v) is 4.74. The van der Waals surface area contributed by atoms with Gasteiger partial charge in [-0.25, -0.2) is 13.4 Å². The van der Waals surface area contributed by atoms with E-state index < -0.39 is 33.5 Å². The number of hydrogen-bond acceptors (Lipinski definition) is 6. The average molecular weight is 528 g/mol. The minimum absolute atomic E-state index is 0.0624. The van der Waals surface area contributed by atoms with Gasteiger partial charge < -0.3 is 10.4 Å². The molecule has 4 rings (SSSR count). The number of nitrogens with one attached hydrogen (secondary N) is 3. The number of sulfonamides is 1. The zero-order valence-corrected chi connectivity index (χ0v) is 20.1. The standard InChI is InChI=1S/C25H20F3N5O3S/c1-30-12-17(11-29)16-10-21-22(14-32-24(21)31-13-16)23(34)15-3-2-4-19(9-15)33-37(35,36)20-7-5-18(6-8-20)25(26,27)28/h2-14,17,29,33H,1H3,(H,31,32). The highest BCUT2D eigenvalue weighted by atomic mass is 32.2. The van der Waals surface area contributed by atoms with Crippen molar-refractivity contribution in [2.45, 2.75) is 17.0 Å². The second kappa shape index (κ2) is 9.97. The van der Waals surface area contributed by atoms with Gasteiger partial charge >= 0.3 is 6.18 Å². The smallest absolute Gasteiger partial charge is 0.345 e. The molecule has 2 aromatic carbocycles. The molecule has 0 spiro atoms. The van der Waals surface area contributed by atoms with Crippen molar-refractivity contribution < 1.29 is 26.4 Å². The number of carbonyl (C=O) groups excluding carboxylic acids is 1. The maximum atomic E-state index is 13.3. The van der Waals surface area contributed by atoms with Gasteiger partial charge in [-0.05, 0) is 48.0 Å². The lowest BCUT2D eigenvalue weighted by atomic mass is 9.99. The van der Waals surface area contributed by atoms with Crippen LogP contribution in [0.4, 0.5) is 18.9 Å². The van der Waals surface area contributed by atoms with Gasteiger partial charge in [-0.15, -0.1) is 0 Å². The van der Waals surface area contributed by atoms with Crippen molar-refractivity contribution in [3.8, 4) is 0 Å². The zero-order chi connectivity index (χ0) is 26.8. The first-order chi connectivity index (χ1) is 17.5. The number of benzene rings is 2. The van der Waals surface area contributed by atoms with Crippen LogP contribution >= 0.6 is 0 Å². The highest BCUT2D eigenvalue weighted by Crippen LogP contribution is 2.30. The van der Waals surface area contributed by atoms with Crippen molar-refractivity contribution in [1.29, 1.82) is 5.41 Å². The van der Waals surface area contributed by atoms with Crippen molar-refractivity contribution in [3.05, 3.63) is 89.2 Å². The Morgan fingerprint density at radius 3 is 2.54 bits per heavy atom. The molecule has 1 unspecified atom stereocenters. The van der Waals surface area contributed by atoms with Gasteiger partial charge in [0.25, 0.3) is 10.0 Å². The number of halogens is 3. The first kappa shape index (κ1) is 25.8. The minimum Gasteiger partial charge on any atom is -0.345 e. The summed E-state index contributed by atoms with van der Waals surface area (Å²) in [6.45, 7) is 0. The molecule has 0 amide bonds. The Kier molecular flexibility index (Phi) is 6.94. The largest absolute Gasteiger partial charge is 0.416 e. The summed E-state index contributed by atoms with van der Waals surface area (Å²) in [6.07, 6.45) is 1.27. The number of pyridine rings is 1. The van der Waals surface area contributed by atoms with Crippen LogP contribution in [0.15, 0.2) is 76.9 Å². The third-order valence-corrected chi connectivity index (χ3v) is 6.94. The van der Waals surface area contributed by atoms with Crippen molar-refractivity contribution in [1.82, 2.24) is 9.97 Å². The van der Waals surface area contributed by atoms with Crippen LogP contribution in [0.25, 0.3) is 11.0 Å². The lowest BCUT2D eigenvalue weighted by Gasteiger charge is -2.11. The van der Waals surface area contributed by atoms with Gasteiger partial charge in [0.1, 0.15) is 5.65 Å². The molecule has 0 fully saturated rings. The number of anilines is 1. The summed E-state index contributed by atoms with van der Waals surface area (Å²) in [4.78, 5) is 24.1. The first-order valence-corrected chi connectivity index (χ1v) is 12.3. The van der Waals surface area contributed by atoms with Crippen LogP contribution in [-0.4, -0.2) is 43.6 Å². The molecule has 0 aliphatic rings. The fourth-order valence-electron chi connectivity index (χ4n) is 3.69. The third kappa shape index (κ3) is 5.43. The van der Waals surface area contributed by atoms with Crippen molar-refractivity contribution in [2.24, 2.45) is 4.99 Å². The van der Waals surface area contributed by atoms with E-state index in [1.165, 1.54) is 36.7 Å². The van der Waals surface area contributed by atoms with Crippen LogP contribution < -0.4 is 4.72 Å². The molecule has 0 radical (unpaired) electrons. The predicted octanol–water partition coefficient (Wildman–Crippen LogP) is 5.05. The number of carbonyl (C=O) groups is 1. The Labute approximate surface area is 209 Å². The zero-order valence-electron chi connectivity index (χ0n) is 19.2. The summed E-state index contributed by atoms with van der Waals surface area (Å²) in [5.74, 6) is -0.820. The summed E-state index contributed by atoms with van der Waals surface area (Å²) < 4.78 is 66.1. The Bertz CT molecular complexity index is 1610. The molecule has 37 heavy (non-hydrogen) atoms. The molecule has 0 saturated carbocycles. The predicted molar refractivity (Wildman–Crippen MR) is 134 cm³/mol. The number of rotatable bonds is 8. The SMILES string of the molecule is CN=CC(C=N)c1cnc2[nH]cc(C(=O)c3cccc(NS(=O)(=O)c4ccc(C(F)(F)F)cc4)c3)c2c1. The lowest BCUT2D eigenvalue weighted by molar-refractivity contribution is -0.137. The average Bonchev–Trinajstić information content (AvgIpc) is 3.29. The van der Waals surface area contributed by atoms with E-state index in [0.29, 0.717) is 34.3 Å². The van der Waals surface area contributed by atoms with Crippen molar-refractivity contribution in [3.63, 3.8) is 0 Å². The number of H-pyrrole nitrogens is 1. The van der Waals surface area contributed by atoms with E-state index in [1.807, 2.05) is 0 Å². The van der Waals surface area contributed by atoms with Gasteiger partial charge in [-0.1, -0.05) is 12.1 Å². The highest BCUT2D eigenvalue weighted by Gasteiger charge is 2.30. The maximum absolute atomic E-state index is 13.3. The third-order valence-electron chi connectivity index (χ3n) is 5.54. The van der Waals surface area contributed by atoms with Gasteiger partial charge in [0.15, 0.2) is 5.78 Å². The van der Waals surface area contributed by atoms with Crippen LogP contribution in [0, 0.1) is 5.41 Å². The molecule has 2 heterocycles. The van der Waals surface area contributed by atoms with Gasteiger partial charge in [0, 0.05) is 54.1 Å². The molecule has 12 heteroatoms. The fraction of sp³-hybridized carbons (Fsp3) is 0.120. The molecule has 0 aliphatic heterocycles. The second-order valence-corrected chi connectivity index (χ2v) is 9.69. The summed E-state index contributed by atoms with van der Waals surface area (Å²) in [7, 11) is -2.62. The normalized spacial score (nSPS) is 13.1. The molecular weight excluding hydrogens is 507 g/mol. The van der Waals surface area contributed by atoms with Crippen LogP contribution in [-0.2, 0) is 16.2 Å². The number of fused-ring (bicyclic) bond motifs is 1. The number of nitrogens with zero attached hydrogens (tertiary/aromatic N) is 2. The molecule has 0 saturated heterocycles. The van der Waals surface area contributed by atoms with E-state index in [4.69, 9.17) is 5.41 Å². The van der Waals surface area contributed by atoms with E-state index in [-0.39, 0.29) is 16.1 Å². The number of aliphatic imine (C=N–C) groups is 1. The molecule has 4 aromatic rings. The summed E-state index contributed by atoms with van der Waals surface area (Å²) in [6, 6.07) is 10.6. The van der Waals surface area contributed by atoms with Crippen LogP contribution in [0.5, 0.6) is 0 Å². The van der Waals surface area contributed by atoms with Gasteiger partial charge in [0.05, 0.1) is 16.4 Å². The van der Waals surface area contributed by atoms with E-state index in [2.05, 4.69) is 19.7 Å². The number of aromatic amines is 1. The van der Waals surface area contributed by atoms with Crippen LogP contribution in [0.3, 0.4) is 0 Å². The summed E-state index contributed by atoms with van der Waals surface area (Å²) >= 11 is 0.